The van der Waals surface area contributed by atoms with Gasteiger partial charge in [0.1, 0.15) is 0 Å². The first-order valence-electron chi connectivity index (χ1n) is 8.38. The quantitative estimate of drug-likeness (QED) is 0.615. The maximum absolute atomic E-state index is 12.3. The molecule has 1 heterocycles. The number of aromatic amines is 1. The smallest absolute Gasteiger partial charge is 0.339 e. The van der Waals surface area contributed by atoms with E-state index in [2.05, 4.69) is 16.4 Å². The lowest BCUT2D eigenvalue weighted by Gasteiger charge is -2.09. The first-order chi connectivity index (χ1) is 12.2. The Morgan fingerprint density at radius 2 is 1.85 bits per heavy atom. The van der Waals surface area contributed by atoms with Crippen LogP contribution in [0.2, 0.25) is 0 Å². The number of rotatable bonds is 6. The van der Waals surface area contributed by atoms with Crippen LogP contribution in [0.4, 0.5) is 0 Å². The number of benzene rings is 1. The van der Waals surface area contributed by atoms with E-state index in [9.17, 15) is 14.4 Å². The molecule has 0 aliphatic carbocycles. The largest absolute Gasteiger partial charge is 0.465 e. The fourth-order valence-electron chi connectivity index (χ4n) is 2.98. The van der Waals surface area contributed by atoms with Crippen LogP contribution in [0, 0.1) is 20.8 Å². The maximum Gasteiger partial charge on any atom is 0.339 e. The number of ketones is 1. The summed E-state index contributed by atoms with van der Waals surface area (Å²) in [6, 6.07) is 6.04. The average molecular weight is 356 g/mol. The van der Waals surface area contributed by atoms with Crippen LogP contribution in [0.3, 0.4) is 0 Å². The van der Waals surface area contributed by atoms with E-state index in [4.69, 9.17) is 4.74 Å². The molecular formula is C20H24N2O4. The van der Waals surface area contributed by atoms with Crippen LogP contribution in [-0.2, 0) is 22.5 Å². The van der Waals surface area contributed by atoms with Gasteiger partial charge in [-0.1, -0.05) is 23.8 Å². The highest BCUT2D eigenvalue weighted by atomic mass is 16.5. The second-order valence-electron chi connectivity index (χ2n) is 6.41. The van der Waals surface area contributed by atoms with Crippen LogP contribution in [-0.4, -0.2) is 29.8 Å². The van der Waals surface area contributed by atoms with Gasteiger partial charge in [-0.15, -0.1) is 0 Å². The summed E-state index contributed by atoms with van der Waals surface area (Å²) in [6.45, 7) is 7.49. The van der Waals surface area contributed by atoms with Crippen LogP contribution < -0.4 is 5.32 Å². The number of carbonyl (C=O) groups excluding carboxylic acids is 3. The number of hydrogen-bond acceptors (Lipinski definition) is 4. The van der Waals surface area contributed by atoms with Gasteiger partial charge >= 0.3 is 5.97 Å². The molecule has 1 aromatic heterocycles. The summed E-state index contributed by atoms with van der Waals surface area (Å²) in [4.78, 5) is 39.0. The number of esters is 1. The number of carbonyl (C=O) groups is 3. The Kier molecular flexibility index (Phi) is 5.97. The predicted octanol–water partition coefficient (Wildman–Crippen LogP) is 2.79. The molecule has 0 fully saturated rings. The Balaban J connectivity index is 2.16. The average Bonchev–Trinajstić information content (AvgIpc) is 2.89. The van der Waals surface area contributed by atoms with Crippen molar-refractivity contribution >= 4 is 17.7 Å². The van der Waals surface area contributed by atoms with E-state index in [1.54, 1.807) is 6.92 Å². The summed E-state index contributed by atoms with van der Waals surface area (Å²) >= 11 is 0. The van der Waals surface area contributed by atoms with Gasteiger partial charge in [0.15, 0.2) is 5.78 Å². The highest BCUT2D eigenvalue weighted by Gasteiger charge is 2.24. The Hall–Kier alpha value is -2.89. The lowest BCUT2D eigenvalue weighted by atomic mass is 10.1. The Morgan fingerprint density at radius 3 is 2.42 bits per heavy atom. The molecule has 2 N–H and O–H groups in total. The Morgan fingerprint density at radius 1 is 1.15 bits per heavy atom. The van der Waals surface area contributed by atoms with E-state index >= 15 is 0 Å². The van der Waals surface area contributed by atoms with Crippen molar-refractivity contribution in [3.05, 3.63) is 57.4 Å². The number of ether oxygens (including phenoxy) is 1. The minimum atomic E-state index is -0.566. The first kappa shape index (κ1) is 19.4. The molecule has 0 bridgehead atoms. The van der Waals surface area contributed by atoms with E-state index in [0.29, 0.717) is 23.5 Å². The zero-order chi connectivity index (χ0) is 19.4. The molecule has 1 amide bonds. The summed E-state index contributed by atoms with van der Waals surface area (Å²) in [5.74, 6) is -1.01. The van der Waals surface area contributed by atoms with Crippen molar-refractivity contribution in [1.29, 1.82) is 0 Å². The van der Waals surface area contributed by atoms with Crippen molar-refractivity contribution in [2.24, 2.45) is 0 Å². The normalized spacial score (nSPS) is 10.5. The molecule has 6 nitrogen and oxygen atoms in total. The number of H-pyrrole nitrogens is 1. The number of methoxy groups -OCH3 is 1. The number of aryl methyl sites for hydroxylation is 2. The molecule has 6 heteroatoms. The lowest BCUT2D eigenvalue weighted by Crippen LogP contribution is -2.26. The highest BCUT2D eigenvalue weighted by molar-refractivity contribution is 6.01. The van der Waals surface area contributed by atoms with Crippen LogP contribution >= 0.6 is 0 Å². The lowest BCUT2D eigenvalue weighted by molar-refractivity contribution is -0.120. The van der Waals surface area contributed by atoms with Gasteiger partial charge in [-0.25, -0.2) is 4.79 Å². The second-order valence-corrected chi connectivity index (χ2v) is 6.41. The summed E-state index contributed by atoms with van der Waals surface area (Å²) < 4.78 is 4.79. The maximum atomic E-state index is 12.3. The molecule has 26 heavy (non-hydrogen) atoms. The van der Waals surface area contributed by atoms with Crippen molar-refractivity contribution < 1.29 is 19.1 Å². The van der Waals surface area contributed by atoms with Gasteiger partial charge in [0.05, 0.1) is 24.8 Å². The van der Waals surface area contributed by atoms with Gasteiger partial charge < -0.3 is 15.0 Å². The first-order valence-corrected chi connectivity index (χ1v) is 8.38. The zero-order valence-electron chi connectivity index (χ0n) is 15.8. The fourth-order valence-corrected chi connectivity index (χ4v) is 2.98. The summed E-state index contributed by atoms with van der Waals surface area (Å²) in [5, 5.41) is 2.85. The van der Waals surface area contributed by atoms with Gasteiger partial charge in [0.25, 0.3) is 0 Å². The molecule has 2 rings (SSSR count). The van der Waals surface area contributed by atoms with Crippen molar-refractivity contribution in [2.45, 2.75) is 40.7 Å². The Bertz CT molecular complexity index is 865. The van der Waals surface area contributed by atoms with E-state index in [1.165, 1.54) is 19.6 Å². The minimum Gasteiger partial charge on any atom is -0.465 e. The highest BCUT2D eigenvalue weighted by Crippen LogP contribution is 2.21. The van der Waals surface area contributed by atoms with Crippen molar-refractivity contribution in [3.63, 3.8) is 0 Å². The molecule has 0 spiro atoms. The van der Waals surface area contributed by atoms with E-state index in [0.717, 1.165) is 11.1 Å². The van der Waals surface area contributed by atoms with Crippen molar-refractivity contribution in [3.8, 4) is 0 Å². The van der Waals surface area contributed by atoms with Gasteiger partial charge in [0.2, 0.25) is 5.91 Å². The number of amides is 1. The molecule has 2 aromatic rings. The number of hydrogen-bond donors (Lipinski definition) is 2. The Labute approximate surface area is 152 Å². The van der Waals surface area contributed by atoms with Gasteiger partial charge in [0, 0.05) is 19.2 Å². The molecule has 0 saturated carbocycles. The standard InChI is InChI=1S/C20H24N2O4/c1-11-6-7-15(12(2)8-11)10-21-17(24)9-16-18(20(25)26-5)13(3)19(22-16)14(4)23/h6-8,22H,9-10H2,1-5H3,(H,21,24). The molecule has 0 atom stereocenters. The molecule has 0 radical (unpaired) electrons. The van der Waals surface area contributed by atoms with Gasteiger partial charge in [-0.2, -0.15) is 0 Å². The van der Waals surface area contributed by atoms with Crippen LogP contribution in [0.15, 0.2) is 18.2 Å². The van der Waals surface area contributed by atoms with E-state index in [1.807, 2.05) is 26.0 Å². The van der Waals surface area contributed by atoms with Gasteiger partial charge in [-0.3, -0.25) is 9.59 Å². The summed E-state index contributed by atoms with van der Waals surface area (Å²) in [7, 11) is 1.27. The summed E-state index contributed by atoms with van der Waals surface area (Å²) in [6.07, 6.45) is -0.0382. The SMILES string of the molecule is COC(=O)c1c(CC(=O)NCc2ccc(C)cc2C)[nH]c(C(C)=O)c1C. The topological polar surface area (TPSA) is 88.3 Å². The van der Waals surface area contributed by atoms with E-state index < -0.39 is 5.97 Å². The third-order valence-electron chi connectivity index (χ3n) is 4.38. The molecular weight excluding hydrogens is 332 g/mol. The summed E-state index contributed by atoms with van der Waals surface area (Å²) in [5.41, 5.74) is 4.76. The third-order valence-corrected chi connectivity index (χ3v) is 4.38. The van der Waals surface area contributed by atoms with Crippen molar-refractivity contribution in [1.82, 2.24) is 10.3 Å². The fraction of sp³-hybridized carbons (Fsp3) is 0.350. The minimum absolute atomic E-state index is 0.0382. The monoisotopic (exact) mass is 356 g/mol. The second kappa shape index (κ2) is 7.99. The van der Waals surface area contributed by atoms with Crippen LogP contribution in [0.25, 0.3) is 0 Å². The molecule has 0 aliphatic rings. The van der Waals surface area contributed by atoms with Gasteiger partial charge in [-0.05, 0) is 37.5 Å². The van der Waals surface area contributed by atoms with Crippen molar-refractivity contribution in [2.75, 3.05) is 7.11 Å². The third kappa shape index (κ3) is 4.20. The number of nitrogens with one attached hydrogen (secondary N) is 2. The molecule has 0 aliphatic heterocycles. The predicted molar refractivity (Wildman–Crippen MR) is 98.3 cm³/mol. The van der Waals surface area contributed by atoms with E-state index in [-0.39, 0.29) is 23.7 Å². The molecule has 1 aromatic carbocycles. The van der Waals surface area contributed by atoms with Crippen LogP contribution in [0.1, 0.15) is 55.7 Å². The number of aromatic nitrogens is 1. The molecule has 0 unspecified atom stereocenters. The number of Topliss-reactive ketones (excluding diaryl/α,β-unsaturated/α-hetero) is 1. The zero-order valence-corrected chi connectivity index (χ0v) is 15.8. The molecule has 138 valence electrons. The molecule has 0 saturated heterocycles. The van der Waals surface area contributed by atoms with Crippen LogP contribution in [0.5, 0.6) is 0 Å².